The number of para-hydroxylation sites is 1. The highest BCUT2D eigenvalue weighted by atomic mass is 32.2. The average molecular weight is 478 g/mol. The van der Waals surface area contributed by atoms with E-state index < -0.39 is 10.8 Å². The summed E-state index contributed by atoms with van der Waals surface area (Å²) < 4.78 is 15.3. The van der Waals surface area contributed by atoms with Gasteiger partial charge in [0.2, 0.25) is 5.91 Å². The number of hydrogen-bond acceptors (Lipinski definition) is 2. The zero-order valence-electron chi connectivity index (χ0n) is 19.8. The Bertz CT molecular complexity index is 1520. The van der Waals surface area contributed by atoms with E-state index >= 15 is 0 Å². The standard InChI is InChI=1S/C31H27NO2S/c1-22-16-18-26(19-17-22)35(34)31-20-25-13-7-9-15-29(25)32(31)30(33)21-28(24-11-4-3-5-12-24)27-14-8-6-10-23(27)2/h3-20,28H,21H2,1-2H3/t28-,35?/m1/s1. The van der Waals surface area contributed by atoms with E-state index in [1.54, 1.807) is 4.57 Å². The fourth-order valence-electron chi connectivity index (χ4n) is 4.64. The van der Waals surface area contributed by atoms with Crippen LogP contribution in [0.1, 0.15) is 39.4 Å². The van der Waals surface area contributed by atoms with Crippen molar-refractivity contribution in [2.75, 3.05) is 0 Å². The number of rotatable bonds is 6. The number of carbonyl (C=O) groups excluding carboxylic acids is 1. The third-order valence-corrected chi connectivity index (χ3v) is 7.88. The Morgan fingerprint density at radius 3 is 2.20 bits per heavy atom. The first kappa shape index (κ1) is 23.0. The van der Waals surface area contributed by atoms with E-state index in [9.17, 15) is 9.00 Å². The van der Waals surface area contributed by atoms with Gasteiger partial charge >= 0.3 is 0 Å². The molecule has 5 rings (SSSR count). The summed E-state index contributed by atoms with van der Waals surface area (Å²) in [6, 6.07) is 35.6. The highest BCUT2D eigenvalue weighted by molar-refractivity contribution is 7.85. The van der Waals surface area contributed by atoms with Crippen molar-refractivity contribution in [3.8, 4) is 0 Å². The summed E-state index contributed by atoms with van der Waals surface area (Å²) in [7, 11) is -1.49. The Morgan fingerprint density at radius 1 is 0.800 bits per heavy atom. The van der Waals surface area contributed by atoms with E-state index in [1.807, 2.05) is 91.9 Å². The van der Waals surface area contributed by atoms with Crippen LogP contribution in [0.5, 0.6) is 0 Å². The first-order chi connectivity index (χ1) is 17.0. The number of hydrogen-bond donors (Lipinski definition) is 0. The molecular formula is C31H27NO2S. The maximum absolute atomic E-state index is 14.0. The van der Waals surface area contributed by atoms with E-state index in [1.165, 1.54) is 0 Å². The van der Waals surface area contributed by atoms with Gasteiger partial charge in [0.15, 0.2) is 0 Å². The quantitative estimate of drug-likeness (QED) is 0.258. The minimum Gasteiger partial charge on any atom is -0.274 e. The van der Waals surface area contributed by atoms with E-state index in [0.29, 0.717) is 9.92 Å². The van der Waals surface area contributed by atoms with Gasteiger partial charge in [-0.1, -0.05) is 90.5 Å². The van der Waals surface area contributed by atoms with Crippen LogP contribution in [0.2, 0.25) is 0 Å². The van der Waals surface area contributed by atoms with Crippen LogP contribution in [0.3, 0.4) is 0 Å². The molecule has 0 aliphatic rings. The van der Waals surface area contributed by atoms with Crippen LogP contribution in [0.15, 0.2) is 119 Å². The highest BCUT2D eigenvalue weighted by Gasteiger charge is 2.25. The molecule has 1 unspecified atom stereocenters. The first-order valence-corrected chi connectivity index (χ1v) is 12.9. The molecule has 0 N–H and O–H groups in total. The molecule has 2 atom stereocenters. The number of aryl methyl sites for hydroxylation is 2. The summed E-state index contributed by atoms with van der Waals surface area (Å²) in [5.74, 6) is -0.175. The molecule has 4 aromatic carbocycles. The summed E-state index contributed by atoms with van der Waals surface area (Å²) in [5.41, 5.74) is 5.25. The van der Waals surface area contributed by atoms with Gasteiger partial charge in [-0.15, -0.1) is 0 Å². The molecule has 174 valence electrons. The number of fused-ring (bicyclic) bond motifs is 1. The van der Waals surface area contributed by atoms with Gasteiger partial charge in [-0.25, -0.2) is 4.21 Å². The summed E-state index contributed by atoms with van der Waals surface area (Å²) >= 11 is 0. The highest BCUT2D eigenvalue weighted by Crippen LogP contribution is 2.33. The van der Waals surface area contributed by atoms with Crippen LogP contribution >= 0.6 is 0 Å². The lowest BCUT2D eigenvalue weighted by Gasteiger charge is -2.20. The third kappa shape index (κ3) is 4.62. The van der Waals surface area contributed by atoms with Crippen LogP contribution in [-0.4, -0.2) is 14.7 Å². The van der Waals surface area contributed by atoms with Gasteiger partial charge in [0.1, 0.15) is 15.8 Å². The summed E-state index contributed by atoms with van der Waals surface area (Å²) in [5, 5.41) is 1.42. The third-order valence-electron chi connectivity index (χ3n) is 6.50. The van der Waals surface area contributed by atoms with E-state index in [4.69, 9.17) is 0 Å². The summed E-state index contributed by atoms with van der Waals surface area (Å²) in [6.07, 6.45) is 0.269. The van der Waals surface area contributed by atoms with Gasteiger partial charge in [0.25, 0.3) is 0 Å². The number of aromatic nitrogens is 1. The molecule has 35 heavy (non-hydrogen) atoms. The average Bonchev–Trinajstić information content (AvgIpc) is 3.28. The van der Waals surface area contributed by atoms with Crippen molar-refractivity contribution >= 4 is 27.6 Å². The van der Waals surface area contributed by atoms with Gasteiger partial charge in [-0.2, -0.15) is 0 Å². The van der Waals surface area contributed by atoms with Gasteiger partial charge in [-0.3, -0.25) is 9.36 Å². The molecule has 4 heteroatoms. The van der Waals surface area contributed by atoms with Crippen molar-refractivity contribution in [3.05, 3.63) is 131 Å². The molecular weight excluding hydrogens is 450 g/mol. The number of carbonyl (C=O) groups is 1. The molecule has 0 aliphatic heterocycles. The van der Waals surface area contributed by atoms with Gasteiger partial charge < -0.3 is 0 Å². The second-order valence-corrected chi connectivity index (χ2v) is 10.3. The van der Waals surface area contributed by atoms with Crippen LogP contribution < -0.4 is 0 Å². The van der Waals surface area contributed by atoms with Gasteiger partial charge in [0.05, 0.1) is 5.52 Å². The van der Waals surface area contributed by atoms with E-state index in [-0.39, 0.29) is 18.2 Å². The zero-order valence-corrected chi connectivity index (χ0v) is 20.7. The maximum atomic E-state index is 14.0. The zero-order chi connectivity index (χ0) is 24.4. The molecule has 5 aromatic rings. The summed E-state index contributed by atoms with van der Waals surface area (Å²) in [4.78, 5) is 14.7. The molecule has 0 saturated heterocycles. The Kier molecular flexibility index (Phi) is 6.47. The van der Waals surface area contributed by atoms with Crippen LogP contribution in [0.4, 0.5) is 0 Å². The molecule has 0 spiro atoms. The Labute approximate surface area is 208 Å². The monoisotopic (exact) mass is 477 g/mol. The minimum atomic E-state index is -1.49. The number of benzene rings is 4. The smallest absolute Gasteiger partial charge is 0.233 e. The normalized spacial score (nSPS) is 13.0. The topological polar surface area (TPSA) is 39.1 Å². The van der Waals surface area contributed by atoms with Crippen LogP contribution in [-0.2, 0) is 10.8 Å². The van der Waals surface area contributed by atoms with Crippen LogP contribution in [0.25, 0.3) is 10.9 Å². The van der Waals surface area contributed by atoms with Crippen molar-refractivity contribution in [2.24, 2.45) is 0 Å². The van der Waals surface area contributed by atoms with Crippen molar-refractivity contribution < 1.29 is 9.00 Å². The van der Waals surface area contributed by atoms with Crippen molar-refractivity contribution in [1.82, 2.24) is 4.57 Å². The first-order valence-electron chi connectivity index (χ1n) is 11.8. The minimum absolute atomic E-state index is 0.0706. The van der Waals surface area contributed by atoms with E-state index in [2.05, 4.69) is 31.2 Å². The molecule has 1 aromatic heterocycles. The molecule has 0 fully saturated rings. The fraction of sp³-hybridized carbons (Fsp3) is 0.129. The molecule has 3 nitrogen and oxygen atoms in total. The lowest BCUT2D eigenvalue weighted by molar-refractivity contribution is 0.0893. The molecule has 0 bridgehead atoms. The predicted octanol–water partition coefficient (Wildman–Crippen LogP) is 7.29. The second kappa shape index (κ2) is 9.85. The molecule has 0 radical (unpaired) electrons. The fourth-order valence-corrected chi connectivity index (χ4v) is 5.87. The summed E-state index contributed by atoms with van der Waals surface area (Å²) in [6.45, 7) is 4.08. The maximum Gasteiger partial charge on any atom is 0.233 e. The predicted molar refractivity (Wildman–Crippen MR) is 142 cm³/mol. The largest absolute Gasteiger partial charge is 0.274 e. The van der Waals surface area contributed by atoms with Crippen LogP contribution in [0, 0.1) is 13.8 Å². The van der Waals surface area contributed by atoms with Crippen molar-refractivity contribution in [3.63, 3.8) is 0 Å². The Balaban J connectivity index is 1.60. The molecule has 0 amide bonds. The lowest BCUT2D eigenvalue weighted by atomic mass is 9.86. The number of nitrogens with zero attached hydrogens (tertiary/aromatic N) is 1. The molecule has 1 heterocycles. The SMILES string of the molecule is Cc1ccc(S(=O)c2cc3ccccc3n2C(=O)C[C@H](c2ccccc2)c2ccccc2C)cc1. The van der Waals surface area contributed by atoms with Crippen molar-refractivity contribution in [1.29, 1.82) is 0 Å². The van der Waals surface area contributed by atoms with Crippen molar-refractivity contribution in [2.45, 2.75) is 36.1 Å². The lowest BCUT2D eigenvalue weighted by Crippen LogP contribution is -2.18. The molecule has 0 aliphatic carbocycles. The van der Waals surface area contributed by atoms with Gasteiger partial charge in [0, 0.05) is 22.6 Å². The molecule has 0 saturated carbocycles. The second-order valence-electron chi connectivity index (χ2n) is 8.88. The Hall–Kier alpha value is -3.76. The van der Waals surface area contributed by atoms with Gasteiger partial charge in [-0.05, 0) is 54.8 Å². The Morgan fingerprint density at radius 2 is 1.46 bits per heavy atom. The van der Waals surface area contributed by atoms with E-state index in [0.717, 1.165) is 33.2 Å².